The molecule has 1 aliphatic heterocycles. The van der Waals surface area contributed by atoms with Gasteiger partial charge in [-0.05, 0) is 37.6 Å². The maximum Gasteiger partial charge on any atom is 0.240 e. The minimum absolute atomic E-state index is 0.00280. The number of carbonyl (C=O) groups is 1. The van der Waals surface area contributed by atoms with Crippen LogP contribution in [0, 0.1) is 6.92 Å². The lowest BCUT2D eigenvalue weighted by Gasteiger charge is -2.17. The molecule has 0 radical (unpaired) electrons. The number of pyridine rings is 1. The van der Waals surface area contributed by atoms with Gasteiger partial charge in [0.2, 0.25) is 5.91 Å². The Labute approximate surface area is 95.7 Å². The molecule has 0 aromatic carbocycles. The zero-order valence-corrected chi connectivity index (χ0v) is 9.73. The van der Waals surface area contributed by atoms with E-state index in [-0.39, 0.29) is 11.9 Å². The Balaban J connectivity index is 2.07. The SMILES string of the molecule is CNC1CCN(Cc2cnccc2C)C1=O. The summed E-state index contributed by atoms with van der Waals surface area (Å²) in [7, 11) is 1.83. The molecule has 1 N–H and O–H groups in total. The Hall–Kier alpha value is -1.42. The van der Waals surface area contributed by atoms with Crippen molar-refractivity contribution < 1.29 is 4.79 Å². The monoisotopic (exact) mass is 219 g/mol. The van der Waals surface area contributed by atoms with Gasteiger partial charge in [0, 0.05) is 25.5 Å². The van der Waals surface area contributed by atoms with Crippen LogP contribution in [0.2, 0.25) is 0 Å². The van der Waals surface area contributed by atoms with E-state index in [0.717, 1.165) is 18.5 Å². The van der Waals surface area contributed by atoms with Crippen LogP contribution in [-0.2, 0) is 11.3 Å². The summed E-state index contributed by atoms with van der Waals surface area (Å²) in [5.74, 6) is 0.200. The molecule has 1 unspecified atom stereocenters. The first-order chi connectivity index (χ1) is 7.72. The molecule has 1 aromatic rings. The molecular formula is C12H17N3O. The highest BCUT2D eigenvalue weighted by Crippen LogP contribution is 2.16. The zero-order valence-electron chi connectivity index (χ0n) is 9.73. The third-order valence-corrected chi connectivity index (χ3v) is 3.15. The third kappa shape index (κ3) is 2.07. The number of nitrogens with one attached hydrogen (secondary N) is 1. The summed E-state index contributed by atoms with van der Waals surface area (Å²) < 4.78 is 0. The van der Waals surface area contributed by atoms with Crippen molar-refractivity contribution in [2.24, 2.45) is 0 Å². The first-order valence-corrected chi connectivity index (χ1v) is 5.58. The summed E-state index contributed by atoms with van der Waals surface area (Å²) in [4.78, 5) is 17.9. The van der Waals surface area contributed by atoms with Gasteiger partial charge < -0.3 is 10.2 Å². The number of likely N-dealkylation sites (tertiary alicyclic amines) is 1. The van der Waals surface area contributed by atoms with Crippen molar-refractivity contribution >= 4 is 5.91 Å². The van der Waals surface area contributed by atoms with Gasteiger partial charge in [0.15, 0.2) is 0 Å². The predicted octanol–water partition coefficient (Wildman–Crippen LogP) is 0.710. The van der Waals surface area contributed by atoms with Crippen LogP contribution in [0.15, 0.2) is 18.5 Å². The first-order valence-electron chi connectivity index (χ1n) is 5.58. The van der Waals surface area contributed by atoms with Gasteiger partial charge >= 0.3 is 0 Å². The van der Waals surface area contributed by atoms with Gasteiger partial charge in [-0.2, -0.15) is 0 Å². The molecule has 1 aromatic heterocycles. The second-order valence-electron chi connectivity index (χ2n) is 4.19. The maximum absolute atomic E-state index is 11.9. The summed E-state index contributed by atoms with van der Waals surface area (Å²) >= 11 is 0. The van der Waals surface area contributed by atoms with Gasteiger partial charge in [0.1, 0.15) is 0 Å². The highest BCUT2D eigenvalue weighted by atomic mass is 16.2. The normalized spacial score (nSPS) is 20.5. The lowest BCUT2D eigenvalue weighted by Crippen LogP contribution is -2.36. The van der Waals surface area contributed by atoms with Crippen molar-refractivity contribution in [3.05, 3.63) is 29.6 Å². The average molecular weight is 219 g/mol. The van der Waals surface area contributed by atoms with Crippen LogP contribution in [-0.4, -0.2) is 35.4 Å². The van der Waals surface area contributed by atoms with Crippen LogP contribution < -0.4 is 5.32 Å². The molecule has 1 saturated heterocycles. The van der Waals surface area contributed by atoms with Crippen LogP contribution in [0.4, 0.5) is 0 Å². The fourth-order valence-corrected chi connectivity index (χ4v) is 2.03. The molecule has 2 rings (SSSR count). The second kappa shape index (κ2) is 4.61. The van der Waals surface area contributed by atoms with Crippen LogP contribution in [0.25, 0.3) is 0 Å². The highest BCUT2D eigenvalue weighted by Gasteiger charge is 2.30. The van der Waals surface area contributed by atoms with E-state index in [1.165, 1.54) is 5.56 Å². The number of carbonyl (C=O) groups excluding carboxylic acids is 1. The second-order valence-corrected chi connectivity index (χ2v) is 4.19. The van der Waals surface area contributed by atoms with Crippen LogP contribution in [0.1, 0.15) is 17.5 Å². The summed E-state index contributed by atoms with van der Waals surface area (Å²) in [6.45, 7) is 3.56. The Morgan fingerprint density at radius 2 is 2.44 bits per heavy atom. The van der Waals surface area contributed by atoms with Crippen molar-refractivity contribution in [1.82, 2.24) is 15.2 Å². The Bertz CT molecular complexity index is 392. The number of amides is 1. The van der Waals surface area contributed by atoms with E-state index in [2.05, 4.69) is 10.3 Å². The largest absolute Gasteiger partial charge is 0.337 e. The van der Waals surface area contributed by atoms with Crippen molar-refractivity contribution in [3.8, 4) is 0 Å². The van der Waals surface area contributed by atoms with E-state index in [4.69, 9.17) is 0 Å². The van der Waals surface area contributed by atoms with E-state index in [0.29, 0.717) is 6.54 Å². The lowest BCUT2D eigenvalue weighted by molar-refractivity contribution is -0.129. The van der Waals surface area contributed by atoms with E-state index in [1.54, 1.807) is 6.20 Å². The number of nitrogens with zero attached hydrogens (tertiary/aromatic N) is 2. The van der Waals surface area contributed by atoms with Gasteiger partial charge in [-0.3, -0.25) is 9.78 Å². The number of aromatic nitrogens is 1. The third-order valence-electron chi connectivity index (χ3n) is 3.15. The Morgan fingerprint density at radius 3 is 3.06 bits per heavy atom. The molecule has 16 heavy (non-hydrogen) atoms. The maximum atomic E-state index is 11.9. The fraction of sp³-hybridized carbons (Fsp3) is 0.500. The van der Waals surface area contributed by atoms with Gasteiger partial charge in [-0.1, -0.05) is 0 Å². The highest BCUT2D eigenvalue weighted by molar-refractivity contribution is 5.83. The summed E-state index contributed by atoms with van der Waals surface area (Å²) in [6.07, 6.45) is 4.52. The van der Waals surface area contributed by atoms with E-state index >= 15 is 0 Å². The first kappa shape index (κ1) is 11.1. The number of hydrogen-bond acceptors (Lipinski definition) is 3. The van der Waals surface area contributed by atoms with Gasteiger partial charge in [-0.25, -0.2) is 0 Å². The van der Waals surface area contributed by atoms with Crippen molar-refractivity contribution in [2.45, 2.75) is 25.9 Å². The van der Waals surface area contributed by atoms with Crippen LogP contribution >= 0.6 is 0 Å². The summed E-state index contributed by atoms with van der Waals surface area (Å²) in [5.41, 5.74) is 2.32. The minimum atomic E-state index is -0.00280. The molecule has 0 saturated carbocycles. The fourth-order valence-electron chi connectivity index (χ4n) is 2.03. The Kier molecular flexibility index (Phi) is 3.19. The molecule has 0 bridgehead atoms. The smallest absolute Gasteiger partial charge is 0.240 e. The van der Waals surface area contributed by atoms with Crippen molar-refractivity contribution in [2.75, 3.05) is 13.6 Å². The molecular weight excluding hydrogens is 202 g/mol. The predicted molar refractivity (Wildman–Crippen MR) is 61.9 cm³/mol. The number of rotatable bonds is 3. The van der Waals surface area contributed by atoms with E-state index in [1.807, 2.05) is 31.1 Å². The lowest BCUT2D eigenvalue weighted by atomic mass is 10.1. The quantitative estimate of drug-likeness (QED) is 0.814. The molecule has 0 aliphatic carbocycles. The molecule has 1 aliphatic rings. The molecule has 2 heterocycles. The molecule has 4 nitrogen and oxygen atoms in total. The van der Waals surface area contributed by atoms with Crippen molar-refractivity contribution in [1.29, 1.82) is 0 Å². The topological polar surface area (TPSA) is 45.2 Å². The van der Waals surface area contributed by atoms with Gasteiger partial charge in [0.25, 0.3) is 0 Å². The van der Waals surface area contributed by atoms with Gasteiger partial charge in [-0.15, -0.1) is 0 Å². The molecule has 1 fully saturated rings. The Morgan fingerprint density at radius 1 is 1.62 bits per heavy atom. The minimum Gasteiger partial charge on any atom is -0.337 e. The van der Waals surface area contributed by atoms with Gasteiger partial charge in [0.05, 0.1) is 6.04 Å². The average Bonchev–Trinajstić information content (AvgIpc) is 2.63. The zero-order chi connectivity index (χ0) is 11.5. The molecule has 0 spiro atoms. The number of likely N-dealkylation sites (N-methyl/N-ethyl adjacent to an activating group) is 1. The molecule has 4 heteroatoms. The molecule has 1 atom stereocenters. The van der Waals surface area contributed by atoms with E-state index in [9.17, 15) is 4.79 Å². The van der Waals surface area contributed by atoms with Crippen LogP contribution in [0.3, 0.4) is 0 Å². The van der Waals surface area contributed by atoms with E-state index < -0.39 is 0 Å². The summed E-state index contributed by atoms with van der Waals surface area (Å²) in [6, 6.07) is 1.97. The number of hydrogen-bond donors (Lipinski definition) is 1. The summed E-state index contributed by atoms with van der Waals surface area (Å²) in [5, 5.41) is 3.04. The molecule has 1 amide bonds. The standard InChI is InChI=1S/C12H17N3O/c1-9-3-5-14-7-10(9)8-15-6-4-11(13-2)12(15)16/h3,5,7,11,13H,4,6,8H2,1-2H3. The van der Waals surface area contributed by atoms with Crippen LogP contribution in [0.5, 0.6) is 0 Å². The van der Waals surface area contributed by atoms with Crippen molar-refractivity contribution in [3.63, 3.8) is 0 Å². The number of aryl methyl sites for hydroxylation is 1. The molecule has 86 valence electrons.